The van der Waals surface area contributed by atoms with Crippen LogP contribution in [0.25, 0.3) is 0 Å². The summed E-state index contributed by atoms with van der Waals surface area (Å²) in [7, 11) is -4.76. The molecule has 0 aliphatic carbocycles. The molecule has 6 heteroatoms. The SMILES string of the molecule is CCC(C)[Si](OC(C)(C)C)(OC(C)(C)C)C(C)CC.CCC(C)[Si](Oc1ccccc1)(Oc1ccccc1)C(C)CC. The molecule has 0 aromatic heterocycles. The second-order valence-corrected chi connectivity index (χ2v) is 21.6. The monoisotopic (exact) mass is 616 g/mol. The zero-order chi connectivity index (χ0) is 32.2. The van der Waals surface area contributed by atoms with Crippen LogP contribution in [0, 0.1) is 0 Å². The molecule has 240 valence electrons. The molecule has 4 nitrogen and oxygen atoms in total. The standard InChI is InChI=1S/C20H28O2Si.C16H36O2Si/c1-5-17(3)23(18(4)6-2,21-19-13-9-7-10-14-19)22-20-15-11-8-12-16-20;1-11-13(3)19(14(4)12-2,17-15(5,6)7)18-16(8,9)10/h7-18H,5-6H2,1-4H3;13-14H,11-12H2,1-10H3. The van der Waals surface area contributed by atoms with Gasteiger partial charge < -0.3 is 17.7 Å². The van der Waals surface area contributed by atoms with Gasteiger partial charge in [-0.3, -0.25) is 0 Å². The maximum absolute atomic E-state index is 6.63. The van der Waals surface area contributed by atoms with E-state index in [1.807, 2.05) is 60.7 Å². The molecule has 0 spiro atoms. The smallest absolute Gasteiger partial charge is 0.466 e. The molecule has 0 bridgehead atoms. The van der Waals surface area contributed by atoms with Gasteiger partial charge in [-0.25, -0.2) is 0 Å². The predicted molar refractivity (Wildman–Crippen MR) is 186 cm³/mol. The normalized spacial score (nSPS) is 15.6. The number of hydrogen-bond acceptors (Lipinski definition) is 4. The minimum Gasteiger partial charge on any atom is -0.512 e. The third-order valence-electron chi connectivity index (χ3n) is 8.17. The van der Waals surface area contributed by atoms with Crippen molar-refractivity contribution in [1.82, 2.24) is 0 Å². The Morgan fingerprint density at radius 3 is 0.976 bits per heavy atom. The lowest BCUT2D eigenvalue weighted by Gasteiger charge is -2.47. The maximum Gasteiger partial charge on any atom is 0.466 e. The first-order valence-electron chi connectivity index (χ1n) is 16.4. The summed E-state index contributed by atoms with van der Waals surface area (Å²) < 4.78 is 26.5. The van der Waals surface area contributed by atoms with E-state index >= 15 is 0 Å². The Labute approximate surface area is 262 Å². The first-order valence-corrected chi connectivity index (χ1v) is 20.3. The van der Waals surface area contributed by atoms with Crippen molar-refractivity contribution in [3.63, 3.8) is 0 Å². The number of hydrogen-bond donors (Lipinski definition) is 0. The van der Waals surface area contributed by atoms with E-state index in [0.29, 0.717) is 22.2 Å². The Kier molecular flexibility index (Phi) is 15.6. The van der Waals surface area contributed by atoms with Crippen molar-refractivity contribution in [2.75, 3.05) is 0 Å². The highest BCUT2D eigenvalue weighted by Gasteiger charge is 2.53. The van der Waals surface area contributed by atoms with Crippen molar-refractivity contribution in [2.24, 2.45) is 0 Å². The van der Waals surface area contributed by atoms with Gasteiger partial charge in [0, 0.05) is 11.1 Å². The van der Waals surface area contributed by atoms with Gasteiger partial charge in [0.1, 0.15) is 11.5 Å². The summed E-state index contributed by atoms with van der Waals surface area (Å²) in [6.45, 7) is 30.9. The fourth-order valence-corrected chi connectivity index (χ4v) is 14.1. The predicted octanol–water partition coefficient (Wildman–Crippen LogP) is 11.8. The molecule has 4 unspecified atom stereocenters. The first kappa shape index (κ1) is 38.4. The van der Waals surface area contributed by atoms with Crippen LogP contribution in [0.4, 0.5) is 0 Å². The molecule has 2 aromatic carbocycles. The summed E-state index contributed by atoms with van der Waals surface area (Å²) in [5, 5.41) is 0. The molecule has 2 rings (SSSR count). The largest absolute Gasteiger partial charge is 0.512 e. The molecule has 0 aliphatic heterocycles. The Bertz CT molecular complexity index is 903. The van der Waals surface area contributed by atoms with Crippen molar-refractivity contribution in [3.8, 4) is 11.5 Å². The van der Waals surface area contributed by atoms with Gasteiger partial charge in [0.05, 0.1) is 11.2 Å². The highest BCUT2D eigenvalue weighted by atomic mass is 28.4. The van der Waals surface area contributed by atoms with Crippen LogP contribution in [0.3, 0.4) is 0 Å². The van der Waals surface area contributed by atoms with Crippen LogP contribution in [0.1, 0.15) is 123 Å². The molecular weight excluding hydrogens is 553 g/mol. The highest BCUT2D eigenvalue weighted by Crippen LogP contribution is 2.44. The third-order valence-corrected chi connectivity index (χ3v) is 18.3. The highest BCUT2D eigenvalue weighted by molar-refractivity contribution is 6.72. The Morgan fingerprint density at radius 2 is 0.738 bits per heavy atom. The van der Waals surface area contributed by atoms with Crippen LogP contribution in [0.15, 0.2) is 60.7 Å². The number of para-hydroxylation sites is 2. The Balaban J connectivity index is 0.000000430. The summed E-state index contributed by atoms with van der Waals surface area (Å²) in [4.78, 5) is 0. The third kappa shape index (κ3) is 11.5. The molecular formula is C36H64O4Si2. The fourth-order valence-electron chi connectivity index (χ4n) is 5.26. The molecule has 42 heavy (non-hydrogen) atoms. The average molecular weight is 617 g/mol. The van der Waals surface area contributed by atoms with Gasteiger partial charge in [-0.15, -0.1) is 0 Å². The van der Waals surface area contributed by atoms with Gasteiger partial charge in [-0.1, -0.05) is 105 Å². The van der Waals surface area contributed by atoms with Crippen molar-refractivity contribution in [2.45, 2.75) is 156 Å². The van der Waals surface area contributed by atoms with E-state index in [2.05, 4.69) is 96.9 Å². The van der Waals surface area contributed by atoms with E-state index in [9.17, 15) is 0 Å². The Hall–Kier alpha value is -1.61. The summed E-state index contributed by atoms with van der Waals surface area (Å²) >= 11 is 0. The van der Waals surface area contributed by atoms with Crippen LogP contribution in [0.2, 0.25) is 22.2 Å². The molecule has 0 amide bonds. The van der Waals surface area contributed by atoms with E-state index < -0.39 is 17.1 Å². The molecule has 4 atom stereocenters. The molecule has 0 saturated heterocycles. The zero-order valence-electron chi connectivity index (χ0n) is 29.5. The summed E-state index contributed by atoms with van der Waals surface area (Å²) in [6, 6.07) is 20.2. The van der Waals surface area contributed by atoms with Crippen LogP contribution in [0.5, 0.6) is 11.5 Å². The van der Waals surface area contributed by atoms with Gasteiger partial charge in [-0.2, -0.15) is 0 Å². The lowest BCUT2D eigenvalue weighted by Crippen LogP contribution is -2.56. The molecule has 2 aromatic rings. The first-order chi connectivity index (χ1) is 19.5. The molecule has 0 heterocycles. The topological polar surface area (TPSA) is 36.9 Å². The average Bonchev–Trinajstić information content (AvgIpc) is 2.94. The van der Waals surface area contributed by atoms with E-state index in [-0.39, 0.29) is 11.2 Å². The maximum atomic E-state index is 6.63. The Morgan fingerprint density at radius 1 is 0.476 bits per heavy atom. The molecule has 0 fully saturated rings. The van der Waals surface area contributed by atoms with Crippen LogP contribution in [-0.2, 0) is 8.85 Å². The molecule has 0 radical (unpaired) electrons. The van der Waals surface area contributed by atoms with Crippen LogP contribution in [-0.4, -0.2) is 28.3 Å². The van der Waals surface area contributed by atoms with E-state index in [4.69, 9.17) is 17.7 Å². The van der Waals surface area contributed by atoms with Crippen molar-refractivity contribution >= 4 is 17.1 Å². The second kappa shape index (κ2) is 17.0. The quantitative estimate of drug-likeness (QED) is 0.198. The second-order valence-electron chi connectivity index (χ2n) is 13.9. The summed E-state index contributed by atoms with van der Waals surface area (Å²) in [5.41, 5.74) is 1.51. The van der Waals surface area contributed by atoms with Crippen molar-refractivity contribution < 1.29 is 17.7 Å². The van der Waals surface area contributed by atoms with E-state index in [1.165, 1.54) is 0 Å². The van der Waals surface area contributed by atoms with Crippen LogP contribution >= 0.6 is 0 Å². The van der Waals surface area contributed by atoms with Crippen molar-refractivity contribution in [1.29, 1.82) is 0 Å². The molecule has 0 N–H and O–H groups in total. The number of rotatable bonds is 14. The van der Waals surface area contributed by atoms with Gasteiger partial charge in [0.2, 0.25) is 0 Å². The van der Waals surface area contributed by atoms with Crippen LogP contribution < -0.4 is 8.85 Å². The summed E-state index contributed by atoms with van der Waals surface area (Å²) in [5.74, 6) is 1.83. The minimum absolute atomic E-state index is 0.148. The number of benzene rings is 2. The van der Waals surface area contributed by atoms with E-state index in [1.54, 1.807) is 0 Å². The van der Waals surface area contributed by atoms with Gasteiger partial charge in [0.15, 0.2) is 0 Å². The van der Waals surface area contributed by atoms with Gasteiger partial charge >= 0.3 is 17.1 Å². The molecule has 0 saturated carbocycles. The van der Waals surface area contributed by atoms with Gasteiger partial charge in [-0.05, 0) is 89.7 Å². The lowest BCUT2D eigenvalue weighted by molar-refractivity contribution is 0.00351. The van der Waals surface area contributed by atoms with Gasteiger partial charge in [0.25, 0.3) is 0 Å². The zero-order valence-corrected chi connectivity index (χ0v) is 31.5. The van der Waals surface area contributed by atoms with Crippen molar-refractivity contribution in [3.05, 3.63) is 60.7 Å². The van der Waals surface area contributed by atoms with E-state index in [0.717, 1.165) is 37.2 Å². The lowest BCUT2D eigenvalue weighted by atomic mass is 10.2. The summed E-state index contributed by atoms with van der Waals surface area (Å²) in [6.07, 6.45) is 4.33. The fraction of sp³-hybridized carbons (Fsp3) is 0.667. The minimum atomic E-state index is -2.48. The molecule has 0 aliphatic rings.